The van der Waals surface area contributed by atoms with Crippen LogP contribution in [0, 0.1) is 11.3 Å². The Labute approximate surface area is 189 Å². The molecule has 3 fully saturated rings. The van der Waals surface area contributed by atoms with Crippen LogP contribution in [0.25, 0.3) is 0 Å². The van der Waals surface area contributed by atoms with Gasteiger partial charge in [-0.2, -0.15) is 0 Å². The Balaban J connectivity index is 0.00000240. The van der Waals surface area contributed by atoms with E-state index in [2.05, 4.69) is 15.6 Å². The van der Waals surface area contributed by atoms with Crippen molar-refractivity contribution >= 4 is 35.6 Å². The summed E-state index contributed by atoms with van der Waals surface area (Å²) in [6, 6.07) is 4.19. The molecule has 0 bridgehead atoms. The van der Waals surface area contributed by atoms with Crippen LogP contribution in [0.4, 0.5) is 5.69 Å². The highest BCUT2D eigenvalue weighted by Crippen LogP contribution is 2.60. The largest absolute Gasteiger partial charge is 0.493 e. The number of fused-ring (bicyclic) bond motifs is 2. The Morgan fingerprint density at radius 1 is 1.10 bits per heavy atom. The van der Waals surface area contributed by atoms with Crippen molar-refractivity contribution in [3.05, 3.63) is 12.1 Å². The van der Waals surface area contributed by atoms with Crippen LogP contribution < -0.4 is 24.8 Å². The summed E-state index contributed by atoms with van der Waals surface area (Å²) in [5, 5.41) is 7.10. The highest BCUT2D eigenvalue weighted by atomic mass is 127. The van der Waals surface area contributed by atoms with Crippen molar-refractivity contribution in [2.75, 3.05) is 40.3 Å². The third-order valence-electron chi connectivity index (χ3n) is 6.73. The number of hydrogen-bond donors (Lipinski definition) is 2. The lowest BCUT2D eigenvalue weighted by Crippen LogP contribution is -2.68. The van der Waals surface area contributed by atoms with Gasteiger partial charge in [-0.05, 0) is 19.3 Å². The van der Waals surface area contributed by atoms with Gasteiger partial charge in [0, 0.05) is 48.8 Å². The fraction of sp³-hybridized carbons (Fsp3) is 0.667. The molecule has 2 saturated carbocycles. The summed E-state index contributed by atoms with van der Waals surface area (Å²) in [7, 11) is 6.64. The molecular formula is C21H32IN3O4. The second-order valence-corrected chi connectivity index (χ2v) is 7.92. The van der Waals surface area contributed by atoms with Crippen molar-refractivity contribution in [2.45, 2.75) is 44.2 Å². The number of halogens is 1. The number of rotatable bonds is 5. The standard InChI is InChI=1S/C21H31N3O4.HI/c1-22-20(23-13-11-15(25-2)17(27-4)16(12-13)26-3)24-18-14-7-10-28-19(14)21(18)8-5-6-9-21;/h11-12,14,18-19H,5-10H2,1-4H3,(H2,22,23,24);1H. The van der Waals surface area contributed by atoms with Crippen LogP contribution in [-0.4, -0.2) is 53.1 Å². The van der Waals surface area contributed by atoms with Gasteiger partial charge in [-0.1, -0.05) is 12.8 Å². The van der Waals surface area contributed by atoms with Crippen molar-refractivity contribution in [1.29, 1.82) is 0 Å². The minimum atomic E-state index is 0. The maximum Gasteiger partial charge on any atom is 0.203 e. The van der Waals surface area contributed by atoms with Gasteiger partial charge in [-0.15, -0.1) is 24.0 Å². The third kappa shape index (κ3) is 3.73. The SMILES string of the molecule is CN=C(Nc1cc(OC)c(OC)c(OC)c1)NC1C2CCOC2C12CCCC2.I. The average Bonchev–Trinajstić information content (AvgIpc) is 3.39. The zero-order chi connectivity index (χ0) is 19.7. The van der Waals surface area contributed by atoms with Crippen molar-refractivity contribution in [2.24, 2.45) is 16.3 Å². The summed E-state index contributed by atoms with van der Waals surface area (Å²) in [4.78, 5) is 4.47. The van der Waals surface area contributed by atoms with Crippen molar-refractivity contribution in [3.8, 4) is 17.2 Å². The van der Waals surface area contributed by atoms with Gasteiger partial charge in [0.05, 0.1) is 27.4 Å². The van der Waals surface area contributed by atoms with E-state index < -0.39 is 0 Å². The molecule has 1 aromatic rings. The minimum absolute atomic E-state index is 0. The van der Waals surface area contributed by atoms with E-state index in [9.17, 15) is 0 Å². The summed E-state index contributed by atoms with van der Waals surface area (Å²) in [6.45, 7) is 0.883. The highest BCUT2D eigenvalue weighted by molar-refractivity contribution is 14.0. The maximum atomic E-state index is 6.09. The van der Waals surface area contributed by atoms with E-state index in [0.717, 1.165) is 24.7 Å². The van der Waals surface area contributed by atoms with E-state index in [1.54, 1.807) is 28.4 Å². The average molecular weight is 517 g/mol. The van der Waals surface area contributed by atoms with Gasteiger partial charge < -0.3 is 29.6 Å². The Bertz CT molecular complexity index is 726. The number of guanidine groups is 1. The van der Waals surface area contributed by atoms with Crippen LogP contribution in [-0.2, 0) is 4.74 Å². The van der Waals surface area contributed by atoms with Crippen molar-refractivity contribution in [1.82, 2.24) is 5.32 Å². The smallest absolute Gasteiger partial charge is 0.203 e. The first-order valence-corrected chi connectivity index (χ1v) is 10.1. The lowest BCUT2D eigenvalue weighted by atomic mass is 9.54. The predicted molar refractivity (Wildman–Crippen MR) is 124 cm³/mol. The fourth-order valence-electron chi connectivity index (χ4n) is 5.50. The quantitative estimate of drug-likeness (QED) is 0.353. The first kappa shape index (κ1) is 22.3. The second kappa shape index (κ2) is 9.16. The number of hydrogen-bond acceptors (Lipinski definition) is 5. The Morgan fingerprint density at radius 3 is 2.31 bits per heavy atom. The van der Waals surface area contributed by atoms with E-state index >= 15 is 0 Å². The van der Waals surface area contributed by atoms with Crippen LogP contribution in [0.5, 0.6) is 17.2 Å². The molecule has 0 radical (unpaired) electrons. The fourth-order valence-corrected chi connectivity index (χ4v) is 5.50. The van der Waals surface area contributed by atoms with Crippen LogP contribution in [0.2, 0.25) is 0 Å². The molecular weight excluding hydrogens is 485 g/mol. The highest BCUT2D eigenvalue weighted by Gasteiger charge is 2.65. The molecule has 3 aliphatic rings. The lowest BCUT2D eigenvalue weighted by molar-refractivity contribution is -0.124. The molecule has 1 aromatic carbocycles. The minimum Gasteiger partial charge on any atom is -0.493 e. The van der Waals surface area contributed by atoms with E-state index in [1.807, 2.05) is 12.1 Å². The Kier molecular flexibility index (Phi) is 7.03. The first-order chi connectivity index (χ1) is 13.7. The molecule has 2 aliphatic carbocycles. The van der Waals surface area contributed by atoms with Gasteiger partial charge in [0.1, 0.15) is 0 Å². The summed E-state index contributed by atoms with van der Waals surface area (Å²) in [5.74, 6) is 3.14. The molecule has 1 saturated heterocycles. The third-order valence-corrected chi connectivity index (χ3v) is 6.73. The number of nitrogens with zero attached hydrogens (tertiary/aromatic N) is 1. The molecule has 1 heterocycles. The maximum absolute atomic E-state index is 6.09. The van der Waals surface area contributed by atoms with Crippen LogP contribution in [0.3, 0.4) is 0 Å². The molecule has 29 heavy (non-hydrogen) atoms. The molecule has 2 N–H and O–H groups in total. The summed E-state index contributed by atoms with van der Waals surface area (Å²) < 4.78 is 22.4. The monoisotopic (exact) mass is 517 g/mol. The zero-order valence-corrected chi connectivity index (χ0v) is 19.9. The van der Waals surface area contributed by atoms with Crippen LogP contribution in [0.1, 0.15) is 32.1 Å². The normalized spacial score (nSPS) is 26.9. The second-order valence-electron chi connectivity index (χ2n) is 7.92. The summed E-state index contributed by atoms with van der Waals surface area (Å²) in [6.07, 6.45) is 6.63. The molecule has 0 amide bonds. The lowest BCUT2D eigenvalue weighted by Gasteiger charge is -2.57. The zero-order valence-electron chi connectivity index (χ0n) is 17.6. The van der Waals surface area contributed by atoms with Gasteiger partial charge in [-0.3, -0.25) is 4.99 Å². The molecule has 7 nitrogen and oxygen atoms in total. The molecule has 3 unspecified atom stereocenters. The molecule has 3 atom stereocenters. The molecule has 1 aliphatic heterocycles. The molecule has 162 valence electrons. The number of benzene rings is 1. The molecule has 4 rings (SSSR count). The van der Waals surface area contributed by atoms with Gasteiger partial charge in [0.15, 0.2) is 17.5 Å². The number of nitrogens with one attached hydrogen (secondary N) is 2. The molecule has 8 heteroatoms. The van der Waals surface area contributed by atoms with Crippen molar-refractivity contribution < 1.29 is 18.9 Å². The Morgan fingerprint density at radius 2 is 1.76 bits per heavy atom. The molecule has 0 aromatic heterocycles. The van der Waals surface area contributed by atoms with E-state index in [1.165, 1.54) is 25.7 Å². The van der Waals surface area contributed by atoms with Gasteiger partial charge in [0.2, 0.25) is 5.75 Å². The van der Waals surface area contributed by atoms with Gasteiger partial charge in [-0.25, -0.2) is 0 Å². The number of ether oxygens (including phenoxy) is 4. The van der Waals surface area contributed by atoms with Crippen LogP contribution >= 0.6 is 24.0 Å². The number of aliphatic imine (C=N–C) groups is 1. The number of anilines is 1. The topological polar surface area (TPSA) is 73.3 Å². The number of methoxy groups -OCH3 is 3. The summed E-state index contributed by atoms with van der Waals surface area (Å²) >= 11 is 0. The van der Waals surface area contributed by atoms with Crippen molar-refractivity contribution in [3.63, 3.8) is 0 Å². The van der Waals surface area contributed by atoms with Crippen LogP contribution in [0.15, 0.2) is 17.1 Å². The predicted octanol–water partition coefficient (Wildman–Crippen LogP) is 3.67. The first-order valence-electron chi connectivity index (χ1n) is 10.1. The Hall–Kier alpha value is -1.42. The molecule has 1 spiro atoms. The van der Waals surface area contributed by atoms with E-state index in [-0.39, 0.29) is 29.4 Å². The van der Waals surface area contributed by atoms with Gasteiger partial charge >= 0.3 is 0 Å². The van der Waals surface area contributed by atoms with Gasteiger partial charge in [0.25, 0.3) is 0 Å². The summed E-state index contributed by atoms with van der Waals surface area (Å²) in [5.41, 5.74) is 1.11. The van der Waals surface area contributed by atoms with E-state index in [4.69, 9.17) is 18.9 Å². The van der Waals surface area contributed by atoms with E-state index in [0.29, 0.717) is 35.3 Å².